The van der Waals surface area contributed by atoms with Gasteiger partial charge in [-0.3, -0.25) is 34.3 Å². The SMILES string of the molecule is C.CC1=N[C@@]2(c3cc(NC(=O)c4cnc(OCC5CC5(F)F)cn4)ccc3F)COC[C@@]2(F)CS1.CC1=N[C@@]2(c3cc(NC(=O)c4cnc(OCC5CC5)cn4)ccc3F)COC[C@@]2(F)CS1.Cl.[C-]#[N+]c1ccc(C(=O)Nc2ccc(F)c([C@]34COC[C@@]3(F)CSC(C)=N4)c2)nc1. The van der Waals surface area contributed by atoms with Gasteiger partial charge in [0.1, 0.15) is 51.2 Å². The van der Waals surface area contributed by atoms with E-state index in [1.165, 1.54) is 115 Å². The number of ether oxygens (including phenoxy) is 5. The smallest absolute Gasteiger partial charge is 0.275 e. The number of aromatic nitrogens is 5. The predicted molar refractivity (Wildman–Crippen MR) is 354 cm³/mol. The first kappa shape index (κ1) is 71.9. The Morgan fingerprint density at radius 3 is 1.24 bits per heavy atom. The summed E-state index contributed by atoms with van der Waals surface area (Å²) in [4.78, 5) is 74.4. The highest BCUT2D eigenvalue weighted by atomic mass is 35.5. The number of carbonyl (C=O) groups is 3. The number of hydrogen-bond donors (Lipinski definition) is 3. The van der Waals surface area contributed by atoms with Crippen molar-refractivity contribution in [2.45, 2.75) is 87.0 Å². The molecule has 1 unspecified atom stereocenters. The van der Waals surface area contributed by atoms with Crippen molar-refractivity contribution < 1.29 is 73.2 Å². The van der Waals surface area contributed by atoms with Crippen molar-refractivity contribution in [3.8, 4) is 11.8 Å². The van der Waals surface area contributed by atoms with Crippen LogP contribution >= 0.6 is 47.7 Å². The van der Waals surface area contributed by atoms with E-state index < -0.39 is 80.6 Å². The second kappa shape index (κ2) is 28.5. The van der Waals surface area contributed by atoms with E-state index in [0.717, 1.165) is 31.3 Å². The lowest BCUT2D eigenvalue weighted by Crippen LogP contribution is -2.51. The summed E-state index contributed by atoms with van der Waals surface area (Å²) in [5.74, 6) is -5.80. The number of thioether (sulfide) groups is 3. The lowest BCUT2D eigenvalue weighted by atomic mass is 9.79. The van der Waals surface area contributed by atoms with Crippen LogP contribution in [-0.4, -0.2) is 151 Å². The van der Waals surface area contributed by atoms with Crippen molar-refractivity contribution in [2.75, 3.05) is 86.1 Å². The third-order valence-corrected chi connectivity index (χ3v) is 20.4. The molecular formula is C65H63ClF8N12O8S3. The van der Waals surface area contributed by atoms with E-state index in [4.69, 9.17) is 30.3 Å². The fourth-order valence-corrected chi connectivity index (χ4v) is 14.4. The Morgan fingerprint density at radius 2 is 0.907 bits per heavy atom. The average molecular weight is 1420 g/mol. The molecule has 6 aliphatic heterocycles. The van der Waals surface area contributed by atoms with Crippen LogP contribution in [0.4, 0.5) is 57.9 Å². The topological polar surface area (TPSA) is 239 Å². The van der Waals surface area contributed by atoms with Gasteiger partial charge in [0.15, 0.2) is 17.0 Å². The number of aliphatic imine (C=N–C) groups is 3. The highest BCUT2D eigenvalue weighted by Gasteiger charge is 2.64. The molecule has 14 rings (SSSR count). The number of carbonyl (C=O) groups excluding carboxylic acids is 3. The first-order chi connectivity index (χ1) is 45.4. The molecule has 3 aromatic heterocycles. The van der Waals surface area contributed by atoms with Crippen molar-refractivity contribution in [1.82, 2.24) is 24.9 Å². The molecule has 6 aromatic rings. The Bertz CT molecular complexity index is 4130. The third-order valence-electron chi connectivity index (χ3n) is 17.1. The first-order valence-electron chi connectivity index (χ1n) is 29.7. The molecule has 5 fully saturated rings. The zero-order chi connectivity index (χ0) is 67.1. The standard InChI is InChI=1S/C22H20F4N4O3S.C22H22F2N4O3S.C20H16F2N4O2S.CH4.ClH/c1-12-30-21(10-32-9-20(21,24)11-34-12)15-4-14(2-3-16(15)23)29-19(31)17-6-28-18(7-27-17)33-8-13-5-22(13,25)26;1-13-28-22(11-30-10-21(22,24)12-32-13)16-6-15(4-5-17(16)23)27-20(29)18-7-26-19(8-25-18)31-9-14-2-3-14;1-12-26-20(10-28-9-19(20,22)11-29-12)15-7-13(3-5-16(15)21)25-18(27)17-6-4-14(23-2)8-24-17;;/h2-4,6-7,13H,5,8-11H2,1H3,(H,29,31);4-8,14H,2-3,9-12H2,1H3,(H,27,29);3-8H,9-11H2,1H3,(H,25,27);1H4;1H/t13?,20-,21-;21-,22-;19-,20-;;/m111../s1. The maximum absolute atomic E-state index is 15.7. The third kappa shape index (κ3) is 14.7. The summed E-state index contributed by atoms with van der Waals surface area (Å²) in [5, 5.41) is 9.85. The van der Waals surface area contributed by atoms with Crippen LogP contribution < -0.4 is 25.4 Å². The molecule has 2 aliphatic carbocycles. The zero-order valence-corrected chi connectivity index (χ0v) is 54.5. The van der Waals surface area contributed by atoms with Crippen LogP contribution in [0.2, 0.25) is 0 Å². The van der Waals surface area contributed by atoms with Crippen LogP contribution in [0.15, 0.2) is 113 Å². The number of rotatable bonds is 15. The van der Waals surface area contributed by atoms with Crippen molar-refractivity contribution in [3.63, 3.8) is 0 Å². The number of nitrogens with one attached hydrogen (secondary N) is 3. The lowest BCUT2D eigenvalue weighted by Gasteiger charge is -2.39. The van der Waals surface area contributed by atoms with E-state index in [2.05, 4.69) is 60.7 Å². The maximum atomic E-state index is 15.7. The number of alkyl halides is 5. The fraction of sp³-hybridized carbons (Fsp3) is 0.415. The molecule has 512 valence electrons. The van der Waals surface area contributed by atoms with Crippen molar-refractivity contribution >= 4 is 103 Å². The Hall–Kier alpha value is -7.86. The summed E-state index contributed by atoms with van der Waals surface area (Å²) >= 11 is 3.83. The highest BCUT2D eigenvalue weighted by Crippen LogP contribution is 2.54. The highest BCUT2D eigenvalue weighted by molar-refractivity contribution is 8.14. The Morgan fingerprint density at radius 1 is 0.536 bits per heavy atom. The van der Waals surface area contributed by atoms with Crippen molar-refractivity contribution in [1.29, 1.82) is 0 Å². The van der Waals surface area contributed by atoms with Crippen molar-refractivity contribution in [3.05, 3.63) is 160 Å². The van der Waals surface area contributed by atoms with Gasteiger partial charge in [-0.25, -0.2) is 59.9 Å². The molecular weight excluding hydrogens is 1360 g/mol. The van der Waals surface area contributed by atoms with Crippen molar-refractivity contribution in [2.24, 2.45) is 26.8 Å². The quantitative estimate of drug-likeness (QED) is 0.0640. The number of benzene rings is 3. The molecule has 0 spiro atoms. The van der Waals surface area contributed by atoms with Gasteiger partial charge in [-0.1, -0.05) is 13.5 Å². The second-order valence-corrected chi connectivity index (χ2v) is 27.4. The monoisotopic (exact) mass is 1420 g/mol. The predicted octanol–water partition coefficient (Wildman–Crippen LogP) is 12.9. The molecule has 20 nitrogen and oxygen atoms in total. The summed E-state index contributed by atoms with van der Waals surface area (Å²) in [5.41, 5.74) is -8.70. The number of amides is 3. The first-order valence-corrected chi connectivity index (χ1v) is 32.7. The molecule has 0 bridgehead atoms. The molecule has 3 N–H and O–H groups in total. The number of halogens is 9. The van der Waals surface area contributed by atoms with Crippen LogP contribution in [0, 0.1) is 35.9 Å². The van der Waals surface area contributed by atoms with Gasteiger partial charge in [-0.05, 0) is 100 Å². The zero-order valence-electron chi connectivity index (χ0n) is 51.2. The van der Waals surface area contributed by atoms with Gasteiger partial charge in [-0.2, -0.15) is 0 Å². The van der Waals surface area contributed by atoms with Crippen LogP contribution in [0.5, 0.6) is 11.8 Å². The minimum Gasteiger partial charge on any atom is -0.476 e. The Kier molecular flexibility index (Phi) is 21.2. The van der Waals surface area contributed by atoms with Gasteiger partial charge in [0.2, 0.25) is 17.4 Å². The summed E-state index contributed by atoms with van der Waals surface area (Å²) < 4.78 is 144. The normalized spacial score (nSPS) is 26.8. The maximum Gasteiger partial charge on any atom is 0.275 e. The summed E-state index contributed by atoms with van der Waals surface area (Å²) in [6.45, 7) is 11.8. The van der Waals surface area contributed by atoms with E-state index in [0.29, 0.717) is 44.9 Å². The van der Waals surface area contributed by atoms with Gasteiger partial charge in [0, 0.05) is 63.6 Å². The average Bonchev–Trinajstić information content (AvgIpc) is 1.67. The molecule has 7 atom stereocenters. The van der Waals surface area contributed by atoms with E-state index in [-0.39, 0.29) is 141 Å². The minimum atomic E-state index is -2.70. The summed E-state index contributed by atoms with van der Waals surface area (Å²) in [6.07, 6.45) is 8.42. The summed E-state index contributed by atoms with van der Waals surface area (Å²) in [6, 6.07) is 14.8. The van der Waals surface area contributed by atoms with Gasteiger partial charge in [-0.15, -0.1) is 47.7 Å². The molecule has 0 radical (unpaired) electrons. The summed E-state index contributed by atoms with van der Waals surface area (Å²) in [7, 11) is 0. The molecule has 3 amide bonds. The molecule has 97 heavy (non-hydrogen) atoms. The van der Waals surface area contributed by atoms with Gasteiger partial charge in [0.05, 0.1) is 105 Å². The second-order valence-electron chi connectivity index (χ2n) is 23.9. The number of anilines is 3. The number of nitrogens with zero attached hydrogens (tertiary/aromatic N) is 9. The van der Waals surface area contributed by atoms with Gasteiger partial charge in [0.25, 0.3) is 23.6 Å². The van der Waals surface area contributed by atoms with Crippen LogP contribution in [0.3, 0.4) is 0 Å². The molecule has 9 heterocycles. The van der Waals surface area contributed by atoms with E-state index in [1.807, 2.05) is 0 Å². The van der Waals surface area contributed by atoms with E-state index >= 15 is 13.2 Å². The molecule has 3 aromatic carbocycles. The van der Waals surface area contributed by atoms with E-state index in [9.17, 15) is 36.3 Å². The van der Waals surface area contributed by atoms with Crippen LogP contribution in [0.25, 0.3) is 4.85 Å². The van der Waals surface area contributed by atoms with Gasteiger partial charge >= 0.3 is 0 Å². The van der Waals surface area contributed by atoms with Crippen LogP contribution in [0.1, 0.15) is 95.6 Å². The minimum absolute atomic E-state index is 0. The number of fused-ring (bicyclic) bond motifs is 3. The Balaban J connectivity index is 0.000000157. The van der Waals surface area contributed by atoms with Gasteiger partial charge < -0.3 is 39.6 Å². The fourth-order valence-electron chi connectivity index (χ4n) is 11.5. The Labute approximate surface area is 570 Å². The molecule has 32 heteroatoms. The lowest BCUT2D eigenvalue weighted by molar-refractivity contribution is 0.0848. The molecule has 8 aliphatic rings. The van der Waals surface area contributed by atoms with E-state index in [1.54, 1.807) is 20.8 Å². The largest absolute Gasteiger partial charge is 0.476 e. The number of pyridine rings is 1. The molecule has 2 saturated carbocycles. The molecule has 3 saturated heterocycles. The van der Waals surface area contributed by atoms with Crippen LogP contribution in [-0.2, 0) is 30.8 Å². The number of hydrogen-bond acceptors (Lipinski definition) is 19.